The Morgan fingerprint density at radius 1 is 1.42 bits per heavy atom. The van der Waals surface area contributed by atoms with Crippen molar-refractivity contribution in [3.05, 3.63) is 0 Å². The fourth-order valence-corrected chi connectivity index (χ4v) is 1.34. The summed E-state index contributed by atoms with van der Waals surface area (Å²) in [6.45, 7) is 1.45. The predicted molar refractivity (Wildman–Crippen MR) is 49.5 cm³/mol. The second kappa shape index (κ2) is 6.14. The summed E-state index contributed by atoms with van der Waals surface area (Å²) in [6.07, 6.45) is 0.736. The van der Waals surface area contributed by atoms with Crippen LogP contribution in [0.2, 0.25) is 0 Å². The molecular weight excluding hydrogens is 178 g/mol. The van der Waals surface area contributed by atoms with Crippen LogP contribution in [0.15, 0.2) is 0 Å². The number of carbonyl (C=O) groups excluding carboxylic acids is 1. The monoisotopic (exact) mass is 195 g/mol. The number of rotatable bonds is 5. The van der Waals surface area contributed by atoms with Crippen LogP contribution in [0.4, 0.5) is 0 Å². The summed E-state index contributed by atoms with van der Waals surface area (Å²) in [7, 11) is -1.75. The second-order valence-electron chi connectivity index (χ2n) is 2.33. The molecule has 0 unspecified atom stereocenters. The van der Waals surface area contributed by atoms with E-state index in [0.29, 0.717) is 12.8 Å². The quantitative estimate of drug-likeness (QED) is 0.696. The van der Waals surface area contributed by atoms with Crippen LogP contribution >= 0.6 is 0 Å². The van der Waals surface area contributed by atoms with Crippen LogP contribution in [0.3, 0.4) is 0 Å². The Bertz CT molecular complexity index is 221. The van der Waals surface area contributed by atoms with Gasteiger partial charge >= 0.3 is 0 Å². The Morgan fingerprint density at radius 2 is 1.92 bits per heavy atom. The Balaban J connectivity index is 0. The molecule has 0 fully saturated rings. The van der Waals surface area contributed by atoms with E-state index in [1.54, 1.807) is 0 Å². The van der Waals surface area contributed by atoms with Gasteiger partial charge in [0.15, 0.2) is 0 Å². The third kappa shape index (κ3) is 7.68. The summed E-state index contributed by atoms with van der Waals surface area (Å²) in [6, 6.07) is 0. The molecule has 0 bridgehead atoms. The van der Waals surface area contributed by atoms with Gasteiger partial charge in [-0.05, 0) is 20.4 Å². The molecule has 0 aliphatic rings. The highest BCUT2D eigenvalue weighted by Gasteiger charge is 2.06. The van der Waals surface area contributed by atoms with Gasteiger partial charge in [-0.3, -0.25) is 0 Å². The molecule has 0 aromatic carbocycles. The Labute approximate surface area is 74.4 Å². The zero-order valence-corrected chi connectivity index (χ0v) is 7.57. The molecule has 0 aliphatic carbocycles. The zero-order chi connectivity index (χ0) is 8.91. The first-order chi connectivity index (χ1) is 4.98. The molecule has 4 nitrogen and oxygen atoms in total. The minimum Gasteiger partial charge on any atom is -0.300 e. The Kier molecular flexibility index (Phi) is 7.22. The van der Waals surface area contributed by atoms with Crippen molar-refractivity contribution in [2.75, 3.05) is 12.8 Å². The topological polar surface area (TPSA) is 63.2 Å². The van der Waals surface area contributed by atoms with Crippen molar-refractivity contribution in [1.29, 1.82) is 0 Å². The first-order valence-electron chi connectivity index (χ1n) is 3.38. The number of hydrogen-bond acceptors (Lipinski definition) is 3. The van der Waals surface area contributed by atoms with Gasteiger partial charge in [0, 0.05) is 6.42 Å². The van der Waals surface area contributed by atoms with Crippen molar-refractivity contribution in [2.45, 2.75) is 27.2 Å². The van der Waals surface area contributed by atoms with E-state index in [2.05, 4.69) is 4.72 Å². The van der Waals surface area contributed by atoms with E-state index in [1.165, 1.54) is 14.0 Å². The number of nitrogens with one attached hydrogen (secondary N) is 1. The van der Waals surface area contributed by atoms with E-state index in [9.17, 15) is 13.2 Å². The second-order valence-corrected chi connectivity index (χ2v) is 4.37. The van der Waals surface area contributed by atoms with E-state index >= 15 is 0 Å². The lowest BCUT2D eigenvalue weighted by Gasteiger charge is -1.99. The van der Waals surface area contributed by atoms with Gasteiger partial charge in [0.05, 0.1) is 5.75 Å². The number of hydrogen-bond donors (Lipinski definition) is 1. The van der Waals surface area contributed by atoms with E-state index in [0.717, 1.165) is 0 Å². The van der Waals surface area contributed by atoms with Crippen LogP contribution in [-0.4, -0.2) is 27.0 Å². The van der Waals surface area contributed by atoms with Gasteiger partial charge in [-0.15, -0.1) is 0 Å². The van der Waals surface area contributed by atoms with Crippen LogP contribution < -0.4 is 4.72 Å². The molecule has 0 aliphatic heterocycles. The average molecular weight is 195 g/mol. The minimum atomic E-state index is -3.12. The summed E-state index contributed by atoms with van der Waals surface area (Å²) in [5.41, 5.74) is 0. The molecule has 0 rings (SSSR count). The minimum absolute atomic E-state index is 0. The zero-order valence-electron chi connectivity index (χ0n) is 6.75. The number of carbonyl (C=O) groups is 1. The highest BCUT2D eigenvalue weighted by Crippen LogP contribution is 1.94. The molecular formula is C7H17NO3S. The molecule has 0 aromatic heterocycles. The average Bonchev–Trinajstić information content (AvgIpc) is 1.87. The first-order valence-corrected chi connectivity index (χ1v) is 5.04. The van der Waals surface area contributed by atoms with Gasteiger partial charge in [0.2, 0.25) is 10.0 Å². The standard InChI is InChI=1S/C6H13NO3S.CH4/c1-6(8)4-3-5-11(9,10)7-2;/h7H,3-5H2,1-2H3;1H4. The van der Waals surface area contributed by atoms with Gasteiger partial charge in [0.25, 0.3) is 0 Å². The summed E-state index contributed by atoms with van der Waals surface area (Å²) >= 11 is 0. The van der Waals surface area contributed by atoms with Crippen LogP contribution in [0.5, 0.6) is 0 Å². The third-order valence-corrected chi connectivity index (χ3v) is 2.70. The number of ketones is 1. The molecule has 0 amide bonds. The number of sulfonamides is 1. The maximum atomic E-state index is 10.8. The van der Waals surface area contributed by atoms with Gasteiger partial charge in [0.1, 0.15) is 5.78 Å². The Hall–Kier alpha value is -0.420. The summed E-state index contributed by atoms with van der Waals surface area (Å²) in [4.78, 5) is 10.4. The maximum absolute atomic E-state index is 10.8. The van der Waals surface area contributed by atoms with E-state index < -0.39 is 10.0 Å². The molecule has 0 aromatic rings. The smallest absolute Gasteiger partial charge is 0.211 e. The van der Waals surface area contributed by atoms with Crippen LogP contribution in [0.25, 0.3) is 0 Å². The van der Waals surface area contributed by atoms with Gasteiger partial charge < -0.3 is 4.79 Å². The Morgan fingerprint density at radius 3 is 2.25 bits per heavy atom. The molecule has 0 saturated carbocycles. The lowest BCUT2D eigenvalue weighted by molar-refractivity contribution is -0.117. The van der Waals surface area contributed by atoms with E-state index in [4.69, 9.17) is 0 Å². The summed E-state index contributed by atoms with van der Waals surface area (Å²) in [5.74, 6) is 0.0552. The van der Waals surface area contributed by atoms with Crippen molar-refractivity contribution in [3.63, 3.8) is 0 Å². The van der Waals surface area contributed by atoms with E-state index in [-0.39, 0.29) is 19.0 Å². The van der Waals surface area contributed by atoms with Crippen LogP contribution in [-0.2, 0) is 14.8 Å². The number of Topliss-reactive ketones (excluding diaryl/α,β-unsaturated/α-hetero) is 1. The van der Waals surface area contributed by atoms with E-state index in [1.807, 2.05) is 0 Å². The molecule has 5 heteroatoms. The molecule has 0 atom stereocenters. The summed E-state index contributed by atoms with van der Waals surface area (Å²) < 4.78 is 23.7. The largest absolute Gasteiger partial charge is 0.300 e. The lowest BCUT2D eigenvalue weighted by Crippen LogP contribution is -2.22. The summed E-state index contributed by atoms with van der Waals surface area (Å²) in [5, 5.41) is 0. The third-order valence-electron chi connectivity index (χ3n) is 1.25. The molecule has 74 valence electrons. The van der Waals surface area contributed by atoms with Gasteiger partial charge in [-0.1, -0.05) is 7.43 Å². The molecule has 0 radical (unpaired) electrons. The SMILES string of the molecule is C.CNS(=O)(=O)CCCC(C)=O. The van der Waals surface area contributed by atoms with Crippen molar-refractivity contribution < 1.29 is 13.2 Å². The molecule has 0 spiro atoms. The fourth-order valence-electron chi connectivity index (χ4n) is 0.613. The van der Waals surface area contributed by atoms with Crippen molar-refractivity contribution >= 4 is 15.8 Å². The highest BCUT2D eigenvalue weighted by molar-refractivity contribution is 7.89. The molecule has 1 N–H and O–H groups in total. The fraction of sp³-hybridized carbons (Fsp3) is 0.857. The highest BCUT2D eigenvalue weighted by atomic mass is 32.2. The first kappa shape index (κ1) is 14.1. The predicted octanol–water partition coefficient (Wildman–Crippen LogP) is 0.541. The van der Waals surface area contributed by atoms with Crippen LogP contribution in [0.1, 0.15) is 27.2 Å². The van der Waals surface area contributed by atoms with Gasteiger partial charge in [-0.25, -0.2) is 13.1 Å². The molecule has 0 saturated heterocycles. The van der Waals surface area contributed by atoms with Crippen molar-refractivity contribution in [2.24, 2.45) is 0 Å². The van der Waals surface area contributed by atoms with Crippen LogP contribution in [0, 0.1) is 0 Å². The molecule has 12 heavy (non-hydrogen) atoms. The maximum Gasteiger partial charge on any atom is 0.211 e. The normalized spacial score (nSPS) is 10.5. The lowest BCUT2D eigenvalue weighted by atomic mass is 10.3. The van der Waals surface area contributed by atoms with Crippen molar-refractivity contribution in [1.82, 2.24) is 4.72 Å². The molecule has 0 heterocycles. The van der Waals surface area contributed by atoms with Gasteiger partial charge in [-0.2, -0.15) is 0 Å². The van der Waals surface area contributed by atoms with Crippen molar-refractivity contribution in [3.8, 4) is 0 Å².